The number of piperazine rings is 1. The van der Waals surface area contributed by atoms with Gasteiger partial charge in [0.15, 0.2) is 5.96 Å². The lowest BCUT2D eigenvalue weighted by molar-refractivity contribution is 0.169. The van der Waals surface area contributed by atoms with Crippen LogP contribution in [0.25, 0.3) is 0 Å². The Labute approximate surface area is 195 Å². The Hall–Kier alpha value is -1.88. The zero-order chi connectivity index (χ0) is 20.6. The van der Waals surface area contributed by atoms with Gasteiger partial charge in [-0.05, 0) is 31.5 Å². The first kappa shape index (κ1) is 24.4. The molecule has 1 N–H and O–H groups in total. The molecule has 30 heavy (non-hydrogen) atoms. The maximum atomic E-state index is 14.5. The van der Waals surface area contributed by atoms with E-state index >= 15 is 0 Å². The van der Waals surface area contributed by atoms with Crippen LogP contribution in [0.3, 0.4) is 0 Å². The number of aromatic nitrogens is 1. The number of hydrogen-bond acceptors (Lipinski definition) is 5. The molecule has 7 nitrogen and oxygen atoms in total. The Morgan fingerprint density at radius 1 is 1.20 bits per heavy atom. The summed E-state index contributed by atoms with van der Waals surface area (Å²) in [6, 6.07) is 7.36. The van der Waals surface area contributed by atoms with Gasteiger partial charge in [-0.1, -0.05) is 11.2 Å². The van der Waals surface area contributed by atoms with Gasteiger partial charge in [-0.2, -0.15) is 0 Å². The molecule has 1 aromatic heterocycles. The second-order valence-corrected chi connectivity index (χ2v) is 7.11. The molecule has 9 heteroatoms. The third-order valence-electron chi connectivity index (χ3n) is 5.33. The highest BCUT2D eigenvalue weighted by molar-refractivity contribution is 14.0. The van der Waals surface area contributed by atoms with Crippen LogP contribution in [0.1, 0.15) is 25.1 Å². The van der Waals surface area contributed by atoms with E-state index in [-0.39, 0.29) is 29.8 Å². The van der Waals surface area contributed by atoms with Crippen LogP contribution in [-0.2, 0) is 13.1 Å². The summed E-state index contributed by atoms with van der Waals surface area (Å²) in [5, 5.41) is 7.35. The molecule has 1 saturated heterocycles. The second-order valence-electron chi connectivity index (χ2n) is 7.11. The van der Waals surface area contributed by atoms with Crippen LogP contribution >= 0.6 is 24.0 Å². The minimum atomic E-state index is -0.176. The van der Waals surface area contributed by atoms with Crippen LogP contribution in [-0.4, -0.2) is 67.2 Å². The van der Waals surface area contributed by atoms with E-state index in [0.717, 1.165) is 63.0 Å². The molecule has 0 aliphatic carbocycles. The molecular formula is C21H32FIN6O. The van der Waals surface area contributed by atoms with E-state index in [4.69, 9.17) is 4.52 Å². The van der Waals surface area contributed by atoms with Crippen molar-refractivity contribution in [3.8, 4) is 0 Å². The van der Waals surface area contributed by atoms with Crippen LogP contribution in [0.15, 0.2) is 40.0 Å². The number of halogens is 2. The molecule has 1 aromatic carbocycles. The molecule has 0 bridgehead atoms. The summed E-state index contributed by atoms with van der Waals surface area (Å²) in [7, 11) is 1.79. The van der Waals surface area contributed by atoms with Crippen LogP contribution in [0.4, 0.5) is 10.1 Å². The van der Waals surface area contributed by atoms with E-state index in [1.165, 1.54) is 0 Å². The molecule has 3 rings (SSSR count). The predicted molar refractivity (Wildman–Crippen MR) is 129 cm³/mol. The predicted octanol–water partition coefficient (Wildman–Crippen LogP) is 3.17. The van der Waals surface area contributed by atoms with Crippen LogP contribution in [0.2, 0.25) is 0 Å². The third-order valence-corrected chi connectivity index (χ3v) is 5.33. The Bertz CT molecular complexity index is 789. The van der Waals surface area contributed by atoms with Gasteiger partial charge >= 0.3 is 0 Å². The molecule has 0 radical (unpaired) electrons. The van der Waals surface area contributed by atoms with E-state index in [0.29, 0.717) is 12.2 Å². The van der Waals surface area contributed by atoms with E-state index in [9.17, 15) is 4.39 Å². The van der Waals surface area contributed by atoms with Crippen molar-refractivity contribution in [2.75, 3.05) is 51.2 Å². The number of rotatable bonds is 7. The average Bonchev–Trinajstić information content (AvgIpc) is 3.25. The lowest BCUT2D eigenvalue weighted by atomic mass is 10.1. The summed E-state index contributed by atoms with van der Waals surface area (Å²) in [5.41, 5.74) is 2.52. The Morgan fingerprint density at radius 3 is 2.50 bits per heavy atom. The van der Waals surface area contributed by atoms with Crippen molar-refractivity contribution in [3.05, 3.63) is 47.6 Å². The lowest BCUT2D eigenvalue weighted by Gasteiger charge is -2.36. The van der Waals surface area contributed by atoms with Crippen molar-refractivity contribution < 1.29 is 8.91 Å². The van der Waals surface area contributed by atoms with Gasteiger partial charge in [0.05, 0.1) is 11.4 Å². The molecule has 2 aromatic rings. The maximum absolute atomic E-state index is 14.5. The largest absolute Gasteiger partial charge is 0.370 e. The number of aliphatic imine (C=N–C) groups is 1. The molecule has 1 aliphatic heterocycles. The summed E-state index contributed by atoms with van der Waals surface area (Å²) in [6.45, 7) is 10.6. The summed E-state index contributed by atoms with van der Waals surface area (Å²) in [6.07, 6.45) is 1.61. The highest BCUT2D eigenvalue weighted by Crippen LogP contribution is 2.20. The van der Waals surface area contributed by atoms with Crippen LogP contribution in [0.5, 0.6) is 0 Å². The molecule has 166 valence electrons. The van der Waals surface area contributed by atoms with Crippen molar-refractivity contribution >= 4 is 35.6 Å². The Kier molecular flexibility index (Phi) is 9.83. The number of nitrogens with zero attached hydrogens (tertiary/aromatic N) is 5. The van der Waals surface area contributed by atoms with Crippen molar-refractivity contribution in [2.45, 2.75) is 26.9 Å². The normalized spacial score (nSPS) is 15.1. The topological polar surface area (TPSA) is 60.1 Å². The minimum Gasteiger partial charge on any atom is -0.370 e. The van der Waals surface area contributed by atoms with Gasteiger partial charge in [-0.15, -0.1) is 24.0 Å². The number of nitrogens with one attached hydrogen (secondary N) is 1. The number of benzene rings is 1. The number of hydrogen-bond donors (Lipinski definition) is 1. The first-order valence-corrected chi connectivity index (χ1v) is 10.2. The zero-order valence-electron chi connectivity index (χ0n) is 18.0. The van der Waals surface area contributed by atoms with E-state index < -0.39 is 0 Å². The Morgan fingerprint density at radius 2 is 1.93 bits per heavy atom. The first-order valence-electron chi connectivity index (χ1n) is 10.2. The van der Waals surface area contributed by atoms with E-state index in [1.54, 1.807) is 19.4 Å². The highest BCUT2D eigenvalue weighted by atomic mass is 127. The van der Waals surface area contributed by atoms with Crippen molar-refractivity contribution in [1.29, 1.82) is 0 Å². The lowest BCUT2D eigenvalue weighted by Crippen LogP contribution is -2.52. The summed E-state index contributed by atoms with van der Waals surface area (Å²) in [5.74, 6) is 0.670. The SMILES string of the molecule is CCN(CC)c1ccc(CNC(=NC)N2CCN(Cc3ccon3)CC2)cc1F.I. The van der Waals surface area contributed by atoms with Gasteiger partial charge in [0.2, 0.25) is 0 Å². The monoisotopic (exact) mass is 530 g/mol. The quantitative estimate of drug-likeness (QED) is 0.337. The molecule has 0 unspecified atom stereocenters. The zero-order valence-corrected chi connectivity index (χ0v) is 20.3. The molecule has 0 spiro atoms. The standard InChI is InChI=1S/C21H31FN6O.HI/c1-4-27(5-2)20-7-6-17(14-19(20)22)15-24-21(23-3)28-11-9-26(10-12-28)16-18-8-13-29-25-18;/h6-8,13-14H,4-5,9-12,15-16H2,1-3H3,(H,23,24);1H. The van der Waals surface area contributed by atoms with Crippen LogP contribution < -0.4 is 10.2 Å². The van der Waals surface area contributed by atoms with Crippen molar-refractivity contribution in [1.82, 2.24) is 20.3 Å². The first-order chi connectivity index (χ1) is 14.1. The van der Waals surface area contributed by atoms with Gasteiger partial charge in [0.1, 0.15) is 12.1 Å². The molecule has 0 atom stereocenters. The smallest absolute Gasteiger partial charge is 0.194 e. The highest BCUT2D eigenvalue weighted by Gasteiger charge is 2.20. The van der Waals surface area contributed by atoms with Gasteiger partial charge in [0.25, 0.3) is 0 Å². The summed E-state index contributed by atoms with van der Waals surface area (Å²) in [4.78, 5) is 11.0. The molecule has 1 aliphatic rings. The van der Waals surface area contributed by atoms with Crippen molar-refractivity contribution in [2.24, 2.45) is 4.99 Å². The van der Waals surface area contributed by atoms with E-state index in [1.807, 2.05) is 36.9 Å². The maximum Gasteiger partial charge on any atom is 0.194 e. The second kappa shape index (κ2) is 12.1. The fraction of sp³-hybridized carbons (Fsp3) is 0.524. The average molecular weight is 530 g/mol. The van der Waals surface area contributed by atoms with Crippen LogP contribution in [0, 0.1) is 5.82 Å². The molecule has 1 fully saturated rings. The molecule has 0 amide bonds. The van der Waals surface area contributed by atoms with E-state index in [2.05, 4.69) is 25.3 Å². The fourth-order valence-electron chi connectivity index (χ4n) is 3.66. The van der Waals surface area contributed by atoms with Crippen molar-refractivity contribution in [3.63, 3.8) is 0 Å². The third kappa shape index (κ3) is 6.31. The number of anilines is 1. The summed E-state index contributed by atoms with van der Waals surface area (Å²) >= 11 is 0. The fourth-order valence-corrected chi connectivity index (χ4v) is 3.66. The van der Waals surface area contributed by atoms with Gasteiger partial charge < -0.3 is 19.6 Å². The molecule has 2 heterocycles. The molecular weight excluding hydrogens is 498 g/mol. The summed E-state index contributed by atoms with van der Waals surface area (Å²) < 4.78 is 19.4. The number of guanidine groups is 1. The minimum absolute atomic E-state index is 0. The Balaban J connectivity index is 0.00000320. The van der Waals surface area contributed by atoms with Gasteiger partial charge in [0, 0.05) is 65.5 Å². The molecule has 0 saturated carbocycles. The van der Waals surface area contributed by atoms with Gasteiger partial charge in [-0.3, -0.25) is 9.89 Å². The van der Waals surface area contributed by atoms with Gasteiger partial charge in [-0.25, -0.2) is 4.39 Å².